The number of hydrogen-bond donors (Lipinski definition) is 3. The van der Waals surface area contributed by atoms with Gasteiger partial charge in [-0.1, -0.05) is 6.07 Å². The lowest BCUT2D eigenvalue weighted by atomic mass is 10.0. The van der Waals surface area contributed by atoms with Crippen LogP contribution >= 0.6 is 0 Å². The molecule has 0 aliphatic carbocycles. The summed E-state index contributed by atoms with van der Waals surface area (Å²) in [6.45, 7) is 1.50. The maximum absolute atomic E-state index is 14.9. The van der Waals surface area contributed by atoms with Crippen molar-refractivity contribution in [2.45, 2.75) is 0 Å². The van der Waals surface area contributed by atoms with E-state index >= 15 is 0 Å². The Hall–Kier alpha value is -4.70. The second-order valence-corrected chi connectivity index (χ2v) is 9.29. The average molecular weight is 511 g/mol. The van der Waals surface area contributed by atoms with Crippen LogP contribution in [0, 0.1) is 11.6 Å². The lowest BCUT2D eigenvalue weighted by Crippen LogP contribution is -2.20. The van der Waals surface area contributed by atoms with E-state index in [1.165, 1.54) is 18.2 Å². The minimum atomic E-state index is -0.379. The minimum absolute atomic E-state index is 0.345. The quantitative estimate of drug-likeness (QED) is 0.263. The van der Waals surface area contributed by atoms with Gasteiger partial charge in [0.05, 0.1) is 11.0 Å². The van der Waals surface area contributed by atoms with E-state index in [2.05, 4.69) is 40.3 Å². The Bertz CT molecular complexity index is 1760. The number of hydrogen-bond acceptors (Lipinski definition) is 6. The molecule has 0 radical (unpaired) electrons. The van der Waals surface area contributed by atoms with Crippen LogP contribution in [-0.4, -0.2) is 62.2 Å². The molecule has 3 N–H and O–H groups in total. The van der Waals surface area contributed by atoms with Gasteiger partial charge in [-0.2, -0.15) is 5.10 Å². The van der Waals surface area contributed by atoms with E-state index < -0.39 is 0 Å². The molecule has 0 bridgehead atoms. The molecule has 0 fully saturated rings. The van der Waals surface area contributed by atoms with E-state index in [9.17, 15) is 8.78 Å². The number of nitrogens with one attached hydrogen (secondary N) is 3. The summed E-state index contributed by atoms with van der Waals surface area (Å²) in [6.07, 6.45) is 4.90. The van der Waals surface area contributed by atoms with Crippen LogP contribution in [0.3, 0.4) is 0 Å². The number of H-pyrrole nitrogens is 2. The number of nitrogens with zero attached hydrogens (tertiary/aromatic N) is 5. The van der Waals surface area contributed by atoms with E-state index in [1.807, 2.05) is 26.2 Å². The van der Waals surface area contributed by atoms with Gasteiger partial charge < -0.3 is 15.2 Å². The highest BCUT2D eigenvalue weighted by Crippen LogP contribution is 2.34. The van der Waals surface area contributed by atoms with Gasteiger partial charge in [0.1, 0.15) is 17.3 Å². The SMILES string of the molecule is CN(C)CCNc1cc(F)cc(-c2ccnc3nc(-c4n[nH]c5cc(F)c(-c6cccnc6)cc45)[nH]c23)c1. The summed E-state index contributed by atoms with van der Waals surface area (Å²) in [6, 6.07) is 13.4. The normalized spacial score (nSPS) is 11.6. The fourth-order valence-corrected chi connectivity index (χ4v) is 4.50. The Morgan fingerprint density at radius 1 is 0.974 bits per heavy atom. The summed E-state index contributed by atoms with van der Waals surface area (Å²) in [5, 5.41) is 11.3. The van der Waals surface area contributed by atoms with Gasteiger partial charge in [0.2, 0.25) is 0 Å². The summed E-state index contributed by atoms with van der Waals surface area (Å²) in [4.78, 5) is 18.5. The number of halogens is 2. The maximum Gasteiger partial charge on any atom is 0.178 e. The number of aromatic amines is 2. The Labute approximate surface area is 216 Å². The zero-order valence-electron chi connectivity index (χ0n) is 20.8. The molecule has 4 aromatic heterocycles. The van der Waals surface area contributed by atoms with Gasteiger partial charge in [-0.3, -0.25) is 10.1 Å². The Kier molecular flexibility index (Phi) is 6.01. The maximum atomic E-state index is 14.9. The van der Waals surface area contributed by atoms with Gasteiger partial charge in [0.25, 0.3) is 0 Å². The molecule has 38 heavy (non-hydrogen) atoms. The fourth-order valence-electron chi connectivity index (χ4n) is 4.50. The molecule has 2 aromatic carbocycles. The van der Waals surface area contributed by atoms with Crippen LogP contribution in [0.25, 0.3) is 55.8 Å². The van der Waals surface area contributed by atoms with Gasteiger partial charge in [-0.15, -0.1) is 0 Å². The molecule has 0 saturated carbocycles. The lowest BCUT2D eigenvalue weighted by molar-refractivity contribution is 0.425. The number of fused-ring (bicyclic) bond motifs is 2. The number of benzene rings is 2. The molecule has 6 aromatic rings. The number of aromatic nitrogens is 6. The van der Waals surface area contributed by atoms with Gasteiger partial charge in [0, 0.05) is 65.5 Å². The minimum Gasteiger partial charge on any atom is -0.384 e. The van der Waals surface area contributed by atoms with Crippen molar-refractivity contribution in [1.29, 1.82) is 0 Å². The zero-order valence-corrected chi connectivity index (χ0v) is 20.8. The predicted molar refractivity (Wildman–Crippen MR) is 145 cm³/mol. The van der Waals surface area contributed by atoms with E-state index in [0.29, 0.717) is 62.5 Å². The standard InChI is InChI=1S/C28H24F2N8/c1-38(2)9-8-32-19-11-17(10-18(29)12-19)20-5-7-33-27-25(20)34-28(35-27)26-22-13-21(16-4-3-6-31-15-16)23(30)14-24(22)36-37-26/h3-7,10-15,32H,8-9H2,1-2H3,(H,36,37)(H,33,34,35). The van der Waals surface area contributed by atoms with Crippen molar-refractivity contribution >= 4 is 27.8 Å². The molecular formula is C28H24F2N8. The molecule has 190 valence electrons. The van der Waals surface area contributed by atoms with Crippen molar-refractivity contribution in [3.63, 3.8) is 0 Å². The zero-order chi connectivity index (χ0) is 26.2. The Morgan fingerprint density at radius 3 is 2.68 bits per heavy atom. The number of likely N-dealkylation sites (N-methyl/N-ethyl adjacent to an activating group) is 1. The van der Waals surface area contributed by atoms with Crippen LogP contribution in [0.2, 0.25) is 0 Å². The van der Waals surface area contributed by atoms with Crippen LogP contribution < -0.4 is 5.32 Å². The van der Waals surface area contributed by atoms with E-state index in [0.717, 1.165) is 12.1 Å². The molecule has 0 spiro atoms. The summed E-state index contributed by atoms with van der Waals surface area (Å²) in [7, 11) is 3.97. The highest BCUT2D eigenvalue weighted by atomic mass is 19.1. The molecule has 6 rings (SSSR count). The molecule has 4 heterocycles. The third-order valence-electron chi connectivity index (χ3n) is 6.34. The van der Waals surface area contributed by atoms with Gasteiger partial charge in [-0.25, -0.2) is 18.7 Å². The first kappa shape index (κ1) is 23.7. The third kappa shape index (κ3) is 4.46. The van der Waals surface area contributed by atoms with Crippen LogP contribution in [-0.2, 0) is 0 Å². The van der Waals surface area contributed by atoms with Gasteiger partial charge in [0.15, 0.2) is 11.5 Å². The number of pyridine rings is 2. The fraction of sp³-hybridized carbons (Fsp3) is 0.143. The second-order valence-electron chi connectivity index (χ2n) is 9.29. The van der Waals surface area contributed by atoms with Crippen LogP contribution in [0.4, 0.5) is 14.5 Å². The topological polar surface area (TPSA) is 98.4 Å². The summed E-state index contributed by atoms with van der Waals surface area (Å²) in [5.41, 5.74) is 5.39. The first-order valence-corrected chi connectivity index (χ1v) is 12.1. The molecular weight excluding hydrogens is 486 g/mol. The Balaban J connectivity index is 1.42. The van der Waals surface area contributed by atoms with Crippen molar-refractivity contribution in [2.75, 3.05) is 32.5 Å². The van der Waals surface area contributed by atoms with Crippen molar-refractivity contribution in [1.82, 2.24) is 35.0 Å². The smallest absolute Gasteiger partial charge is 0.178 e. The first-order valence-electron chi connectivity index (χ1n) is 12.1. The highest BCUT2D eigenvalue weighted by Gasteiger charge is 2.18. The number of imidazole rings is 1. The molecule has 0 saturated heterocycles. The van der Waals surface area contributed by atoms with E-state index in [1.54, 1.807) is 36.8 Å². The molecule has 0 atom stereocenters. The molecule has 8 nitrogen and oxygen atoms in total. The van der Waals surface area contributed by atoms with E-state index in [4.69, 9.17) is 0 Å². The van der Waals surface area contributed by atoms with Gasteiger partial charge in [-0.05, 0) is 56.1 Å². The second kappa shape index (κ2) is 9.64. The largest absolute Gasteiger partial charge is 0.384 e. The monoisotopic (exact) mass is 510 g/mol. The first-order chi connectivity index (χ1) is 18.5. The Morgan fingerprint density at radius 2 is 1.87 bits per heavy atom. The van der Waals surface area contributed by atoms with Crippen molar-refractivity contribution in [3.05, 3.63) is 78.8 Å². The average Bonchev–Trinajstić information content (AvgIpc) is 3.51. The predicted octanol–water partition coefficient (Wildman–Crippen LogP) is 5.48. The molecule has 0 unspecified atom stereocenters. The highest BCUT2D eigenvalue weighted by molar-refractivity contribution is 5.97. The van der Waals surface area contributed by atoms with Crippen LogP contribution in [0.1, 0.15) is 0 Å². The van der Waals surface area contributed by atoms with Crippen LogP contribution in [0.5, 0.6) is 0 Å². The van der Waals surface area contributed by atoms with Crippen molar-refractivity contribution < 1.29 is 8.78 Å². The summed E-state index contributed by atoms with van der Waals surface area (Å²) < 4.78 is 29.4. The van der Waals surface area contributed by atoms with Crippen LogP contribution in [0.15, 0.2) is 67.1 Å². The lowest BCUT2D eigenvalue weighted by Gasteiger charge is -2.13. The summed E-state index contributed by atoms with van der Waals surface area (Å²) in [5.74, 6) is -0.256. The van der Waals surface area contributed by atoms with Gasteiger partial charge >= 0.3 is 0 Å². The molecule has 0 aliphatic heterocycles. The third-order valence-corrected chi connectivity index (χ3v) is 6.34. The summed E-state index contributed by atoms with van der Waals surface area (Å²) >= 11 is 0. The number of rotatable bonds is 7. The molecule has 0 aliphatic rings. The number of anilines is 1. The van der Waals surface area contributed by atoms with Crippen molar-refractivity contribution in [3.8, 4) is 33.8 Å². The van der Waals surface area contributed by atoms with Crippen molar-refractivity contribution in [2.24, 2.45) is 0 Å². The molecule has 10 heteroatoms. The molecule has 0 amide bonds. The van der Waals surface area contributed by atoms with E-state index in [-0.39, 0.29) is 11.6 Å².